The van der Waals surface area contributed by atoms with Crippen LogP contribution in [0, 0.1) is 6.92 Å². The molecule has 7 heteroatoms. The van der Waals surface area contributed by atoms with E-state index in [0.29, 0.717) is 26.6 Å². The van der Waals surface area contributed by atoms with Gasteiger partial charge in [-0.2, -0.15) is 0 Å². The molecule has 0 saturated carbocycles. The van der Waals surface area contributed by atoms with Crippen LogP contribution >= 0.6 is 11.3 Å². The number of nitrogens with zero attached hydrogens (tertiary/aromatic N) is 3. The number of nitrogen functional groups attached to an aromatic ring is 1. The number of amides is 1. The van der Waals surface area contributed by atoms with E-state index in [-0.39, 0.29) is 5.91 Å². The van der Waals surface area contributed by atoms with E-state index in [1.165, 1.54) is 11.3 Å². The Labute approximate surface area is 118 Å². The van der Waals surface area contributed by atoms with Crippen LogP contribution in [0.2, 0.25) is 0 Å². The van der Waals surface area contributed by atoms with Crippen molar-refractivity contribution in [1.82, 2.24) is 15.0 Å². The number of anilines is 2. The summed E-state index contributed by atoms with van der Waals surface area (Å²) in [7, 11) is 0. The Hall–Kier alpha value is -2.54. The van der Waals surface area contributed by atoms with Crippen molar-refractivity contribution in [1.29, 1.82) is 0 Å². The Morgan fingerprint density at radius 3 is 2.85 bits per heavy atom. The summed E-state index contributed by atoms with van der Waals surface area (Å²) in [6.45, 7) is 1.90. The van der Waals surface area contributed by atoms with E-state index in [2.05, 4.69) is 20.3 Å². The van der Waals surface area contributed by atoms with Crippen molar-refractivity contribution in [2.24, 2.45) is 0 Å². The summed E-state index contributed by atoms with van der Waals surface area (Å²) in [5.74, 6) is -0.275. The molecule has 1 amide bonds. The third-order valence-corrected chi connectivity index (χ3v) is 3.96. The third kappa shape index (κ3) is 2.08. The van der Waals surface area contributed by atoms with E-state index < -0.39 is 0 Å². The van der Waals surface area contributed by atoms with Gasteiger partial charge >= 0.3 is 0 Å². The molecule has 0 bridgehead atoms. The Bertz CT molecular complexity index is 798. The summed E-state index contributed by atoms with van der Waals surface area (Å²) in [5, 5.41) is 2.80. The number of nitrogens with two attached hydrogens (primary N) is 1. The Morgan fingerprint density at radius 1 is 1.30 bits per heavy atom. The lowest BCUT2D eigenvalue weighted by Crippen LogP contribution is -2.13. The lowest BCUT2D eigenvalue weighted by Gasteiger charge is -2.06. The summed E-state index contributed by atoms with van der Waals surface area (Å²) >= 11 is 1.23. The number of pyridine rings is 1. The molecular weight excluding hydrogens is 274 g/mol. The smallest absolute Gasteiger partial charge is 0.268 e. The first-order valence-electron chi connectivity index (χ1n) is 5.88. The van der Waals surface area contributed by atoms with Crippen molar-refractivity contribution in [3.63, 3.8) is 0 Å². The van der Waals surface area contributed by atoms with Gasteiger partial charge in [-0.15, -0.1) is 11.3 Å². The fourth-order valence-electron chi connectivity index (χ4n) is 1.79. The van der Waals surface area contributed by atoms with Crippen molar-refractivity contribution in [2.75, 3.05) is 11.1 Å². The van der Waals surface area contributed by atoms with E-state index in [1.54, 1.807) is 24.8 Å². The molecule has 20 heavy (non-hydrogen) atoms. The maximum absolute atomic E-state index is 12.3. The highest BCUT2D eigenvalue weighted by atomic mass is 32.1. The van der Waals surface area contributed by atoms with Gasteiger partial charge in [0, 0.05) is 18.6 Å². The van der Waals surface area contributed by atoms with E-state index >= 15 is 0 Å². The second-order valence-corrected chi connectivity index (χ2v) is 5.20. The summed E-state index contributed by atoms with van der Waals surface area (Å²) in [4.78, 5) is 25.6. The number of hydrogen-bond acceptors (Lipinski definition) is 6. The number of carbonyl (C=O) groups is 1. The molecule has 3 aromatic heterocycles. The Morgan fingerprint density at radius 2 is 2.10 bits per heavy atom. The Balaban J connectivity index is 1.97. The number of thiophene rings is 1. The molecule has 0 aliphatic rings. The maximum Gasteiger partial charge on any atom is 0.268 e. The SMILES string of the molecule is Cc1ccncc1NC(=O)c1sc2nccnc2c1N. The molecule has 100 valence electrons. The van der Waals surface area contributed by atoms with Crippen LogP contribution in [0.4, 0.5) is 11.4 Å². The van der Waals surface area contributed by atoms with Gasteiger partial charge in [0.15, 0.2) is 0 Å². The maximum atomic E-state index is 12.3. The predicted octanol–water partition coefficient (Wildman–Crippen LogP) is 2.23. The molecule has 3 aromatic rings. The first kappa shape index (κ1) is 12.5. The number of carbonyl (C=O) groups excluding carboxylic acids is 1. The minimum Gasteiger partial charge on any atom is -0.396 e. The molecule has 6 nitrogen and oxygen atoms in total. The van der Waals surface area contributed by atoms with Crippen LogP contribution in [-0.2, 0) is 0 Å². The topological polar surface area (TPSA) is 93.8 Å². The number of hydrogen-bond donors (Lipinski definition) is 2. The number of aromatic nitrogens is 3. The molecule has 0 saturated heterocycles. The lowest BCUT2D eigenvalue weighted by molar-refractivity contribution is 0.103. The summed E-state index contributed by atoms with van der Waals surface area (Å²) in [5.41, 5.74) is 8.48. The highest BCUT2D eigenvalue weighted by Crippen LogP contribution is 2.31. The van der Waals surface area contributed by atoms with E-state index in [0.717, 1.165) is 5.56 Å². The molecule has 0 fully saturated rings. The van der Waals surface area contributed by atoms with Gasteiger partial charge in [0.1, 0.15) is 15.2 Å². The summed E-state index contributed by atoms with van der Waals surface area (Å²) < 4.78 is 0. The number of rotatable bonds is 2. The predicted molar refractivity (Wildman–Crippen MR) is 78.8 cm³/mol. The number of nitrogens with one attached hydrogen (secondary N) is 1. The average Bonchev–Trinajstić information content (AvgIpc) is 2.79. The quantitative estimate of drug-likeness (QED) is 0.753. The zero-order valence-corrected chi connectivity index (χ0v) is 11.4. The van der Waals surface area contributed by atoms with Gasteiger partial charge in [-0.1, -0.05) is 0 Å². The van der Waals surface area contributed by atoms with Crippen molar-refractivity contribution in [2.45, 2.75) is 6.92 Å². The molecule has 0 unspecified atom stereocenters. The number of aryl methyl sites for hydroxylation is 1. The van der Waals surface area contributed by atoms with E-state index in [4.69, 9.17) is 5.73 Å². The molecular formula is C13H11N5OS. The average molecular weight is 285 g/mol. The molecule has 0 atom stereocenters. The van der Waals surface area contributed by atoms with Crippen LogP contribution in [0.25, 0.3) is 10.3 Å². The van der Waals surface area contributed by atoms with Gasteiger partial charge in [0.05, 0.1) is 17.6 Å². The normalized spacial score (nSPS) is 10.7. The van der Waals surface area contributed by atoms with Crippen LogP contribution in [0.3, 0.4) is 0 Å². The van der Waals surface area contributed by atoms with Gasteiger partial charge in [-0.3, -0.25) is 9.78 Å². The van der Waals surface area contributed by atoms with Crippen molar-refractivity contribution < 1.29 is 4.79 Å². The third-order valence-electron chi connectivity index (χ3n) is 2.86. The van der Waals surface area contributed by atoms with Crippen LogP contribution in [0.15, 0.2) is 30.9 Å². The number of fused-ring (bicyclic) bond motifs is 1. The molecule has 3 heterocycles. The Kier molecular flexibility index (Phi) is 3.03. The van der Waals surface area contributed by atoms with Gasteiger partial charge in [-0.05, 0) is 18.6 Å². The van der Waals surface area contributed by atoms with Crippen LogP contribution in [0.1, 0.15) is 15.2 Å². The molecule has 3 N–H and O–H groups in total. The van der Waals surface area contributed by atoms with E-state index in [1.807, 2.05) is 13.0 Å². The fraction of sp³-hybridized carbons (Fsp3) is 0.0769. The zero-order chi connectivity index (χ0) is 14.1. The standard InChI is InChI=1S/C13H11N5OS/c1-7-2-3-15-6-8(7)18-12(19)11-9(14)10-13(20-11)17-5-4-16-10/h2-6H,14H2,1H3,(H,18,19). The van der Waals surface area contributed by atoms with E-state index in [9.17, 15) is 4.79 Å². The molecule has 0 aliphatic carbocycles. The highest BCUT2D eigenvalue weighted by molar-refractivity contribution is 7.21. The monoisotopic (exact) mass is 285 g/mol. The largest absolute Gasteiger partial charge is 0.396 e. The minimum atomic E-state index is -0.275. The molecule has 3 rings (SSSR count). The summed E-state index contributed by atoms with van der Waals surface area (Å²) in [6, 6.07) is 1.83. The van der Waals surface area contributed by atoms with Crippen molar-refractivity contribution >= 4 is 39.0 Å². The highest BCUT2D eigenvalue weighted by Gasteiger charge is 2.18. The first-order valence-corrected chi connectivity index (χ1v) is 6.69. The van der Waals surface area contributed by atoms with Crippen molar-refractivity contribution in [3.8, 4) is 0 Å². The summed E-state index contributed by atoms with van der Waals surface area (Å²) in [6.07, 6.45) is 6.41. The molecule has 0 aliphatic heterocycles. The van der Waals surface area contributed by atoms with Crippen LogP contribution in [-0.4, -0.2) is 20.9 Å². The van der Waals surface area contributed by atoms with Gasteiger partial charge in [-0.25, -0.2) is 9.97 Å². The molecule has 0 spiro atoms. The minimum absolute atomic E-state index is 0.275. The van der Waals surface area contributed by atoms with Gasteiger partial charge in [0.2, 0.25) is 0 Å². The van der Waals surface area contributed by atoms with Crippen molar-refractivity contribution in [3.05, 3.63) is 41.3 Å². The lowest BCUT2D eigenvalue weighted by atomic mass is 10.2. The van der Waals surface area contributed by atoms with Gasteiger partial charge < -0.3 is 11.1 Å². The van der Waals surface area contributed by atoms with Crippen LogP contribution < -0.4 is 11.1 Å². The second kappa shape index (κ2) is 4.86. The second-order valence-electron chi connectivity index (χ2n) is 4.20. The first-order chi connectivity index (χ1) is 9.66. The molecule has 0 aromatic carbocycles. The van der Waals surface area contributed by atoms with Crippen LogP contribution in [0.5, 0.6) is 0 Å². The fourth-order valence-corrected chi connectivity index (χ4v) is 2.70. The van der Waals surface area contributed by atoms with Gasteiger partial charge in [0.25, 0.3) is 5.91 Å². The zero-order valence-electron chi connectivity index (χ0n) is 10.6. The molecule has 0 radical (unpaired) electrons.